The van der Waals surface area contributed by atoms with Gasteiger partial charge in [-0.15, -0.1) is 0 Å². The van der Waals surface area contributed by atoms with Crippen LogP contribution >= 0.6 is 0 Å². The van der Waals surface area contributed by atoms with Crippen LogP contribution in [0.2, 0.25) is 0 Å². The normalized spacial score (nSPS) is 18.5. The molecule has 1 N–H and O–H groups in total. The third-order valence-electron chi connectivity index (χ3n) is 3.67. The molecule has 5 heteroatoms. The Morgan fingerprint density at radius 2 is 1.80 bits per heavy atom. The number of halogens is 3. The molecule has 1 aliphatic heterocycles. The maximum absolute atomic E-state index is 14.1. The summed E-state index contributed by atoms with van der Waals surface area (Å²) < 4.78 is 40.9. The average Bonchev–Trinajstić information content (AvgIpc) is 2.41. The smallest absolute Gasteiger partial charge is 0.163 e. The maximum atomic E-state index is 14.1. The Hall–Kier alpha value is -1.07. The molecule has 1 aromatic rings. The van der Waals surface area contributed by atoms with Crippen molar-refractivity contribution >= 4 is 0 Å². The zero-order chi connectivity index (χ0) is 14.7. The van der Waals surface area contributed by atoms with Gasteiger partial charge in [0.25, 0.3) is 0 Å². The topological polar surface area (TPSA) is 15.3 Å². The number of rotatable bonds is 4. The highest BCUT2D eigenvalue weighted by Gasteiger charge is 2.27. The summed E-state index contributed by atoms with van der Waals surface area (Å²) in [4.78, 5) is 2.10. The fourth-order valence-corrected chi connectivity index (χ4v) is 2.73. The van der Waals surface area contributed by atoms with Crippen LogP contribution in [0.5, 0.6) is 0 Å². The van der Waals surface area contributed by atoms with E-state index in [2.05, 4.69) is 10.2 Å². The van der Waals surface area contributed by atoms with E-state index in [1.54, 1.807) is 0 Å². The summed E-state index contributed by atoms with van der Waals surface area (Å²) in [6.45, 7) is 7.21. The molecule has 112 valence electrons. The predicted molar refractivity (Wildman–Crippen MR) is 73.0 cm³/mol. The Labute approximate surface area is 118 Å². The number of benzene rings is 1. The zero-order valence-electron chi connectivity index (χ0n) is 11.9. The maximum Gasteiger partial charge on any atom is 0.163 e. The molecule has 1 heterocycles. The van der Waals surface area contributed by atoms with Gasteiger partial charge in [0.1, 0.15) is 5.82 Å². The minimum absolute atomic E-state index is 0.137. The first-order chi connectivity index (χ1) is 9.49. The Balaban J connectivity index is 2.34. The molecule has 1 aliphatic rings. The molecule has 0 spiro atoms. The molecule has 0 aliphatic carbocycles. The van der Waals surface area contributed by atoms with Crippen molar-refractivity contribution < 1.29 is 13.2 Å². The average molecular weight is 286 g/mol. The second kappa shape index (κ2) is 6.59. The van der Waals surface area contributed by atoms with E-state index in [-0.39, 0.29) is 11.6 Å². The SMILES string of the molecule is CC(C)C[C@H](c1cc(F)cc(F)c1F)N1CCNCC1. The Bertz CT molecular complexity index is 457. The fraction of sp³-hybridized carbons (Fsp3) is 0.600. The van der Waals surface area contributed by atoms with Gasteiger partial charge in [0.2, 0.25) is 0 Å². The third kappa shape index (κ3) is 3.52. The van der Waals surface area contributed by atoms with E-state index in [0.29, 0.717) is 18.4 Å². The van der Waals surface area contributed by atoms with Crippen LogP contribution in [-0.4, -0.2) is 31.1 Å². The first-order valence-corrected chi connectivity index (χ1v) is 7.08. The number of nitrogens with one attached hydrogen (secondary N) is 1. The van der Waals surface area contributed by atoms with Gasteiger partial charge in [-0.25, -0.2) is 13.2 Å². The highest BCUT2D eigenvalue weighted by Crippen LogP contribution is 2.31. The van der Waals surface area contributed by atoms with Crippen LogP contribution < -0.4 is 5.32 Å². The van der Waals surface area contributed by atoms with Crippen LogP contribution in [0.25, 0.3) is 0 Å². The quantitative estimate of drug-likeness (QED) is 0.856. The lowest BCUT2D eigenvalue weighted by molar-refractivity contribution is 0.150. The molecule has 1 saturated heterocycles. The van der Waals surface area contributed by atoms with Gasteiger partial charge in [0, 0.05) is 43.9 Å². The fourth-order valence-electron chi connectivity index (χ4n) is 2.73. The lowest BCUT2D eigenvalue weighted by Crippen LogP contribution is -2.45. The van der Waals surface area contributed by atoms with E-state index in [1.165, 1.54) is 0 Å². The Morgan fingerprint density at radius 1 is 1.15 bits per heavy atom. The van der Waals surface area contributed by atoms with Crippen molar-refractivity contribution in [2.45, 2.75) is 26.3 Å². The molecule has 0 bridgehead atoms. The number of piperazine rings is 1. The highest BCUT2D eigenvalue weighted by atomic mass is 19.2. The van der Waals surface area contributed by atoms with Gasteiger partial charge in [-0.3, -0.25) is 4.90 Å². The van der Waals surface area contributed by atoms with E-state index < -0.39 is 17.5 Å². The van der Waals surface area contributed by atoms with Gasteiger partial charge >= 0.3 is 0 Å². The van der Waals surface area contributed by atoms with Gasteiger partial charge in [0.15, 0.2) is 11.6 Å². The Morgan fingerprint density at radius 3 is 2.40 bits per heavy atom. The predicted octanol–water partition coefficient (Wildman–Crippen LogP) is 3.10. The number of nitrogens with zero attached hydrogens (tertiary/aromatic N) is 1. The van der Waals surface area contributed by atoms with Crippen molar-refractivity contribution in [2.24, 2.45) is 5.92 Å². The molecule has 0 radical (unpaired) electrons. The largest absolute Gasteiger partial charge is 0.314 e. The first-order valence-electron chi connectivity index (χ1n) is 7.08. The number of hydrogen-bond acceptors (Lipinski definition) is 2. The van der Waals surface area contributed by atoms with E-state index in [9.17, 15) is 13.2 Å². The second-order valence-corrected chi connectivity index (χ2v) is 5.72. The molecule has 1 fully saturated rings. The molecular formula is C15H21F3N2. The molecular weight excluding hydrogens is 265 g/mol. The summed E-state index contributed by atoms with van der Waals surface area (Å²) >= 11 is 0. The molecule has 0 unspecified atom stereocenters. The van der Waals surface area contributed by atoms with Gasteiger partial charge < -0.3 is 5.32 Å². The van der Waals surface area contributed by atoms with Crippen molar-refractivity contribution in [1.29, 1.82) is 0 Å². The second-order valence-electron chi connectivity index (χ2n) is 5.72. The van der Waals surface area contributed by atoms with E-state index in [4.69, 9.17) is 0 Å². The number of hydrogen-bond donors (Lipinski definition) is 1. The van der Waals surface area contributed by atoms with Crippen LogP contribution in [0, 0.1) is 23.4 Å². The molecule has 0 amide bonds. The summed E-state index contributed by atoms with van der Waals surface area (Å²) in [5.74, 6) is -2.43. The van der Waals surface area contributed by atoms with Crippen LogP contribution in [0.4, 0.5) is 13.2 Å². The lowest BCUT2D eigenvalue weighted by atomic mass is 9.94. The first kappa shape index (κ1) is 15.3. The van der Waals surface area contributed by atoms with Gasteiger partial charge in [-0.2, -0.15) is 0 Å². The van der Waals surface area contributed by atoms with Crippen LogP contribution in [0.15, 0.2) is 12.1 Å². The molecule has 1 aromatic carbocycles. The summed E-state index contributed by atoms with van der Waals surface area (Å²) in [5.41, 5.74) is 0.137. The minimum Gasteiger partial charge on any atom is -0.314 e. The van der Waals surface area contributed by atoms with Gasteiger partial charge in [-0.1, -0.05) is 13.8 Å². The van der Waals surface area contributed by atoms with Crippen LogP contribution in [-0.2, 0) is 0 Å². The van der Waals surface area contributed by atoms with Crippen molar-refractivity contribution in [1.82, 2.24) is 10.2 Å². The van der Waals surface area contributed by atoms with Crippen molar-refractivity contribution in [3.63, 3.8) is 0 Å². The van der Waals surface area contributed by atoms with E-state index >= 15 is 0 Å². The van der Waals surface area contributed by atoms with Crippen molar-refractivity contribution in [3.05, 3.63) is 35.1 Å². The molecule has 1 atom stereocenters. The summed E-state index contributed by atoms with van der Waals surface area (Å²) in [6.07, 6.45) is 0.680. The molecule has 20 heavy (non-hydrogen) atoms. The Kier molecular flexibility index (Phi) is 5.05. The summed E-state index contributed by atoms with van der Waals surface area (Å²) in [6, 6.07) is 1.46. The van der Waals surface area contributed by atoms with Crippen molar-refractivity contribution in [3.8, 4) is 0 Å². The molecule has 0 saturated carbocycles. The molecule has 2 rings (SSSR count). The van der Waals surface area contributed by atoms with Crippen molar-refractivity contribution in [2.75, 3.05) is 26.2 Å². The van der Waals surface area contributed by atoms with E-state index in [0.717, 1.165) is 32.2 Å². The van der Waals surface area contributed by atoms with Crippen LogP contribution in [0.1, 0.15) is 31.9 Å². The summed E-state index contributed by atoms with van der Waals surface area (Å²) in [7, 11) is 0. The standard InChI is InChI=1S/C15H21F3N2/c1-10(2)7-14(20-5-3-19-4-6-20)12-8-11(16)9-13(17)15(12)18/h8-10,14,19H,3-7H2,1-2H3/t14-/m1/s1. The lowest BCUT2D eigenvalue weighted by Gasteiger charge is -2.36. The molecule has 0 aromatic heterocycles. The van der Waals surface area contributed by atoms with Gasteiger partial charge in [-0.05, 0) is 18.4 Å². The van der Waals surface area contributed by atoms with E-state index in [1.807, 2.05) is 13.8 Å². The third-order valence-corrected chi connectivity index (χ3v) is 3.67. The summed E-state index contributed by atoms with van der Waals surface area (Å²) in [5, 5.41) is 3.23. The van der Waals surface area contributed by atoms with Gasteiger partial charge in [0.05, 0.1) is 0 Å². The van der Waals surface area contributed by atoms with Crippen LogP contribution in [0.3, 0.4) is 0 Å². The molecule has 2 nitrogen and oxygen atoms in total. The monoisotopic (exact) mass is 286 g/mol. The zero-order valence-corrected chi connectivity index (χ0v) is 11.9. The highest BCUT2D eigenvalue weighted by molar-refractivity contribution is 5.24. The minimum atomic E-state index is -1.11.